The third kappa shape index (κ3) is 5.92. The molecular weight excluding hydrogens is 366 g/mol. The van der Waals surface area contributed by atoms with Crippen LogP contribution in [-0.2, 0) is 28.4 Å². The van der Waals surface area contributed by atoms with E-state index >= 15 is 0 Å². The van der Waals surface area contributed by atoms with Crippen LogP contribution in [0.3, 0.4) is 0 Å². The predicted molar refractivity (Wildman–Crippen MR) is 80.7 cm³/mol. The highest BCUT2D eigenvalue weighted by Gasteiger charge is 2.37. The summed E-state index contributed by atoms with van der Waals surface area (Å²) in [5.41, 5.74) is 1.67. The zero-order chi connectivity index (χ0) is 20.3. The van der Waals surface area contributed by atoms with Gasteiger partial charge in [-0.25, -0.2) is 0 Å². The van der Waals surface area contributed by atoms with Crippen molar-refractivity contribution in [3.63, 3.8) is 0 Å². The number of rotatable bonds is 6. The molecule has 1 rings (SSSR count). The van der Waals surface area contributed by atoms with Crippen molar-refractivity contribution in [2.45, 2.75) is 45.1 Å². The van der Waals surface area contributed by atoms with E-state index in [1.165, 1.54) is 0 Å². The van der Waals surface area contributed by atoms with Gasteiger partial charge in [-0.05, 0) is 29.7 Å². The van der Waals surface area contributed by atoms with Gasteiger partial charge in [-0.3, -0.25) is 9.59 Å². The SMILES string of the molecule is CC[C@@H](C)[C@@H](NC(=O)Cc1cc(C(F)(F)F)cc(C(F)(F)F)c1)C(N)=O. The van der Waals surface area contributed by atoms with Crippen LogP contribution in [0.15, 0.2) is 18.2 Å². The van der Waals surface area contributed by atoms with E-state index in [0.29, 0.717) is 18.6 Å². The molecule has 146 valence electrons. The summed E-state index contributed by atoms with van der Waals surface area (Å²) in [6.07, 6.45) is -10.3. The fraction of sp³-hybridized carbons (Fsp3) is 0.500. The van der Waals surface area contributed by atoms with Crippen molar-refractivity contribution < 1.29 is 35.9 Å². The first kappa shape index (κ1) is 21.8. The maximum absolute atomic E-state index is 12.8. The van der Waals surface area contributed by atoms with Crippen LogP contribution < -0.4 is 11.1 Å². The maximum atomic E-state index is 12.8. The molecule has 26 heavy (non-hydrogen) atoms. The lowest BCUT2D eigenvalue weighted by Crippen LogP contribution is -2.48. The minimum absolute atomic E-state index is 0.0211. The summed E-state index contributed by atoms with van der Waals surface area (Å²) in [7, 11) is 0. The molecule has 0 aliphatic heterocycles. The molecule has 0 spiro atoms. The molecule has 0 heterocycles. The third-order valence-electron chi connectivity index (χ3n) is 3.85. The van der Waals surface area contributed by atoms with Crippen molar-refractivity contribution in [3.05, 3.63) is 34.9 Å². The van der Waals surface area contributed by atoms with Crippen LogP contribution in [0.25, 0.3) is 0 Å². The van der Waals surface area contributed by atoms with Gasteiger partial charge < -0.3 is 11.1 Å². The first-order chi connectivity index (χ1) is 11.8. The van der Waals surface area contributed by atoms with Crippen LogP contribution in [-0.4, -0.2) is 17.9 Å². The standard InChI is InChI=1S/C16H18F6N2O2/c1-3-8(2)13(14(23)26)24-12(25)6-9-4-10(15(17,18)19)7-11(5-9)16(20,21)22/h4-5,7-8,13H,3,6H2,1-2H3,(H2,23,26)(H,24,25)/t8-,13-/m1/s1. The molecule has 0 saturated heterocycles. The van der Waals surface area contributed by atoms with Gasteiger partial charge in [0, 0.05) is 0 Å². The topological polar surface area (TPSA) is 72.2 Å². The van der Waals surface area contributed by atoms with Crippen LogP contribution in [0, 0.1) is 5.92 Å². The molecule has 0 bridgehead atoms. The van der Waals surface area contributed by atoms with Gasteiger partial charge in [0.25, 0.3) is 0 Å². The minimum atomic E-state index is -5.00. The number of carbonyl (C=O) groups is 2. The molecule has 4 nitrogen and oxygen atoms in total. The summed E-state index contributed by atoms with van der Waals surface area (Å²) < 4.78 is 76.9. The van der Waals surface area contributed by atoms with E-state index in [0.717, 1.165) is 0 Å². The minimum Gasteiger partial charge on any atom is -0.368 e. The van der Waals surface area contributed by atoms with E-state index in [9.17, 15) is 35.9 Å². The summed E-state index contributed by atoms with van der Waals surface area (Å²) >= 11 is 0. The van der Waals surface area contributed by atoms with Gasteiger partial charge in [0.05, 0.1) is 17.5 Å². The highest BCUT2D eigenvalue weighted by molar-refractivity contribution is 5.87. The highest BCUT2D eigenvalue weighted by Crippen LogP contribution is 2.36. The lowest BCUT2D eigenvalue weighted by Gasteiger charge is -2.21. The molecule has 0 aliphatic carbocycles. The Balaban J connectivity index is 3.11. The van der Waals surface area contributed by atoms with Crippen LogP contribution in [0.1, 0.15) is 37.0 Å². The summed E-state index contributed by atoms with van der Waals surface area (Å²) in [5.74, 6) is -2.09. The Labute approximate surface area is 145 Å². The Hall–Kier alpha value is -2.26. The quantitative estimate of drug-likeness (QED) is 0.739. The molecule has 0 fully saturated rings. The Morgan fingerprint density at radius 3 is 1.85 bits per heavy atom. The average molecular weight is 384 g/mol. The molecule has 1 aromatic rings. The fourth-order valence-corrected chi connectivity index (χ4v) is 2.26. The molecule has 0 aromatic heterocycles. The Kier molecular flexibility index (Phi) is 6.67. The second kappa shape index (κ2) is 7.96. The molecule has 0 aliphatic rings. The highest BCUT2D eigenvalue weighted by atomic mass is 19.4. The van der Waals surface area contributed by atoms with Gasteiger partial charge in [-0.15, -0.1) is 0 Å². The molecule has 3 N–H and O–H groups in total. The molecule has 2 amide bonds. The van der Waals surface area contributed by atoms with Crippen molar-refractivity contribution in [1.82, 2.24) is 5.32 Å². The molecular formula is C16H18F6N2O2. The predicted octanol–water partition coefficient (Wildman–Crippen LogP) is 3.28. The van der Waals surface area contributed by atoms with Crippen LogP contribution >= 0.6 is 0 Å². The summed E-state index contributed by atoms with van der Waals surface area (Å²) in [5, 5.41) is 2.26. The van der Waals surface area contributed by atoms with E-state index in [1.807, 2.05) is 0 Å². The number of alkyl halides is 6. The number of primary amides is 1. The Morgan fingerprint density at radius 1 is 1.04 bits per heavy atom. The average Bonchev–Trinajstić information content (AvgIpc) is 2.49. The fourth-order valence-electron chi connectivity index (χ4n) is 2.26. The van der Waals surface area contributed by atoms with E-state index in [4.69, 9.17) is 5.73 Å². The molecule has 1 aromatic carbocycles. The van der Waals surface area contributed by atoms with E-state index in [2.05, 4.69) is 5.32 Å². The normalized spacial score (nSPS) is 14.6. The first-order valence-corrected chi connectivity index (χ1v) is 7.62. The Morgan fingerprint density at radius 2 is 1.50 bits per heavy atom. The molecule has 0 saturated carbocycles. The van der Waals surface area contributed by atoms with Gasteiger partial charge in [0.1, 0.15) is 6.04 Å². The first-order valence-electron chi connectivity index (χ1n) is 7.62. The zero-order valence-electron chi connectivity index (χ0n) is 14.0. The number of hydrogen-bond donors (Lipinski definition) is 2. The maximum Gasteiger partial charge on any atom is 0.416 e. The van der Waals surface area contributed by atoms with Crippen LogP contribution in [0.2, 0.25) is 0 Å². The lowest BCUT2D eigenvalue weighted by molar-refractivity contribution is -0.143. The second-order valence-electron chi connectivity index (χ2n) is 5.92. The van der Waals surface area contributed by atoms with E-state index in [-0.39, 0.29) is 12.0 Å². The van der Waals surface area contributed by atoms with E-state index < -0.39 is 53.3 Å². The van der Waals surface area contributed by atoms with Gasteiger partial charge in [0.15, 0.2) is 0 Å². The number of nitrogens with two attached hydrogens (primary N) is 1. The third-order valence-corrected chi connectivity index (χ3v) is 3.85. The number of halogens is 6. The van der Waals surface area contributed by atoms with Crippen molar-refractivity contribution in [2.75, 3.05) is 0 Å². The van der Waals surface area contributed by atoms with Gasteiger partial charge in [-0.2, -0.15) is 26.3 Å². The number of nitrogens with one attached hydrogen (secondary N) is 1. The van der Waals surface area contributed by atoms with Gasteiger partial charge in [0.2, 0.25) is 11.8 Å². The molecule has 10 heteroatoms. The zero-order valence-corrected chi connectivity index (χ0v) is 14.0. The van der Waals surface area contributed by atoms with Crippen molar-refractivity contribution >= 4 is 11.8 Å². The number of amides is 2. The van der Waals surface area contributed by atoms with Gasteiger partial charge >= 0.3 is 12.4 Å². The number of hydrogen-bond acceptors (Lipinski definition) is 2. The lowest BCUT2D eigenvalue weighted by atomic mass is 9.97. The molecule has 0 unspecified atom stereocenters. The summed E-state index contributed by atoms with van der Waals surface area (Å²) in [6.45, 7) is 3.36. The largest absolute Gasteiger partial charge is 0.416 e. The Bertz CT molecular complexity index is 637. The summed E-state index contributed by atoms with van der Waals surface area (Å²) in [4.78, 5) is 23.4. The van der Waals surface area contributed by atoms with Crippen LogP contribution in [0.4, 0.5) is 26.3 Å². The number of benzene rings is 1. The molecule has 0 radical (unpaired) electrons. The van der Waals surface area contributed by atoms with Crippen molar-refractivity contribution in [1.29, 1.82) is 0 Å². The van der Waals surface area contributed by atoms with Crippen LogP contribution in [0.5, 0.6) is 0 Å². The summed E-state index contributed by atoms with van der Waals surface area (Å²) in [6, 6.07) is -0.151. The van der Waals surface area contributed by atoms with Crippen molar-refractivity contribution in [3.8, 4) is 0 Å². The van der Waals surface area contributed by atoms with Crippen molar-refractivity contribution in [2.24, 2.45) is 11.7 Å². The number of carbonyl (C=O) groups excluding carboxylic acids is 2. The monoisotopic (exact) mass is 384 g/mol. The second-order valence-corrected chi connectivity index (χ2v) is 5.92. The van der Waals surface area contributed by atoms with E-state index in [1.54, 1.807) is 13.8 Å². The smallest absolute Gasteiger partial charge is 0.368 e. The van der Waals surface area contributed by atoms with Gasteiger partial charge in [-0.1, -0.05) is 20.3 Å². The molecule has 2 atom stereocenters.